The van der Waals surface area contributed by atoms with E-state index < -0.39 is 5.97 Å². The SMILES string of the molecule is Nc1cc(Cl)c(Cl)c(C(=O)OCc2ccc(Cl)cc2Cl)c1. The molecule has 0 saturated carbocycles. The minimum absolute atomic E-state index is 0.0163. The molecule has 0 unspecified atom stereocenters. The van der Waals surface area contributed by atoms with E-state index in [-0.39, 0.29) is 22.2 Å². The van der Waals surface area contributed by atoms with Gasteiger partial charge in [-0.2, -0.15) is 0 Å². The zero-order valence-corrected chi connectivity index (χ0v) is 13.5. The average Bonchev–Trinajstić information content (AvgIpc) is 2.41. The van der Waals surface area contributed by atoms with Gasteiger partial charge in [0.05, 0.1) is 15.6 Å². The Bertz CT molecular complexity index is 704. The quantitative estimate of drug-likeness (QED) is 0.598. The number of ether oxygens (including phenoxy) is 1. The van der Waals surface area contributed by atoms with Crippen LogP contribution in [0.15, 0.2) is 30.3 Å². The Morgan fingerprint density at radius 2 is 1.76 bits per heavy atom. The summed E-state index contributed by atoms with van der Waals surface area (Å²) in [7, 11) is 0. The van der Waals surface area contributed by atoms with E-state index in [1.807, 2.05) is 0 Å². The summed E-state index contributed by atoms with van der Waals surface area (Å²) < 4.78 is 5.16. The highest BCUT2D eigenvalue weighted by molar-refractivity contribution is 6.44. The third-order valence-electron chi connectivity index (χ3n) is 2.64. The maximum atomic E-state index is 12.0. The van der Waals surface area contributed by atoms with Crippen LogP contribution in [-0.2, 0) is 11.3 Å². The highest BCUT2D eigenvalue weighted by Crippen LogP contribution is 2.29. The zero-order valence-electron chi connectivity index (χ0n) is 10.5. The molecular weight excluding hydrogens is 356 g/mol. The normalized spacial score (nSPS) is 10.5. The number of benzene rings is 2. The van der Waals surface area contributed by atoms with E-state index in [4.69, 9.17) is 56.9 Å². The van der Waals surface area contributed by atoms with E-state index in [0.29, 0.717) is 21.3 Å². The average molecular weight is 365 g/mol. The van der Waals surface area contributed by atoms with Crippen molar-refractivity contribution in [2.75, 3.05) is 5.73 Å². The minimum atomic E-state index is -0.639. The number of halogens is 4. The fourth-order valence-electron chi connectivity index (χ4n) is 1.62. The Kier molecular flexibility index (Phi) is 5.22. The van der Waals surface area contributed by atoms with Crippen molar-refractivity contribution in [1.82, 2.24) is 0 Å². The number of hydrogen-bond acceptors (Lipinski definition) is 3. The smallest absolute Gasteiger partial charge is 0.340 e. The van der Waals surface area contributed by atoms with E-state index in [1.54, 1.807) is 18.2 Å². The second-order valence-electron chi connectivity index (χ2n) is 4.18. The largest absolute Gasteiger partial charge is 0.457 e. The second-order valence-corrected chi connectivity index (χ2v) is 5.80. The lowest BCUT2D eigenvalue weighted by atomic mass is 10.2. The molecule has 0 bridgehead atoms. The van der Waals surface area contributed by atoms with Gasteiger partial charge in [-0.1, -0.05) is 52.5 Å². The number of nitrogens with two attached hydrogens (primary N) is 1. The fourth-order valence-corrected chi connectivity index (χ4v) is 2.50. The molecule has 3 nitrogen and oxygen atoms in total. The molecule has 110 valence electrons. The van der Waals surface area contributed by atoms with Gasteiger partial charge in [-0.25, -0.2) is 4.79 Å². The first-order chi connectivity index (χ1) is 9.88. The maximum Gasteiger partial charge on any atom is 0.340 e. The molecule has 0 aromatic heterocycles. The first-order valence-electron chi connectivity index (χ1n) is 5.74. The molecule has 2 rings (SSSR count). The van der Waals surface area contributed by atoms with Crippen molar-refractivity contribution in [3.8, 4) is 0 Å². The van der Waals surface area contributed by atoms with Crippen molar-refractivity contribution in [2.24, 2.45) is 0 Å². The molecule has 2 N–H and O–H groups in total. The van der Waals surface area contributed by atoms with Crippen LogP contribution in [0.5, 0.6) is 0 Å². The third-order valence-corrected chi connectivity index (χ3v) is 4.03. The number of esters is 1. The Hall–Kier alpha value is -1.13. The van der Waals surface area contributed by atoms with Crippen LogP contribution in [-0.4, -0.2) is 5.97 Å². The molecule has 0 heterocycles. The fraction of sp³-hybridized carbons (Fsp3) is 0.0714. The molecule has 0 atom stereocenters. The molecule has 0 aliphatic rings. The number of carbonyl (C=O) groups excluding carboxylic acids is 1. The number of hydrogen-bond donors (Lipinski definition) is 1. The summed E-state index contributed by atoms with van der Waals surface area (Å²) >= 11 is 23.6. The van der Waals surface area contributed by atoms with Crippen molar-refractivity contribution in [2.45, 2.75) is 6.61 Å². The Morgan fingerprint density at radius 1 is 1.05 bits per heavy atom. The van der Waals surface area contributed by atoms with Crippen molar-refractivity contribution >= 4 is 58.1 Å². The van der Waals surface area contributed by atoms with Gasteiger partial charge in [-0.3, -0.25) is 0 Å². The zero-order chi connectivity index (χ0) is 15.6. The Balaban J connectivity index is 2.15. The predicted molar refractivity (Wildman–Crippen MR) is 86.5 cm³/mol. The van der Waals surface area contributed by atoms with Gasteiger partial charge in [0.1, 0.15) is 6.61 Å². The number of carbonyl (C=O) groups is 1. The summed E-state index contributed by atoms with van der Waals surface area (Å²) in [6, 6.07) is 7.75. The summed E-state index contributed by atoms with van der Waals surface area (Å²) in [6.07, 6.45) is 0. The molecule has 0 aliphatic heterocycles. The highest BCUT2D eigenvalue weighted by atomic mass is 35.5. The van der Waals surface area contributed by atoms with Gasteiger partial charge in [0, 0.05) is 21.3 Å². The molecule has 0 fully saturated rings. The molecular formula is C14H9Cl4NO2. The lowest BCUT2D eigenvalue weighted by Crippen LogP contribution is -2.07. The molecule has 0 aliphatic carbocycles. The Morgan fingerprint density at radius 3 is 2.43 bits per heavy atom. The second kappa shape index (κ2) is 6.75. The topological polar surface area (TPSA) is 52.3 Å². The van der Waals surface area contributed by atoms with Gasteiger partial charge in [-0.15, -0.1) is 0 Å². The first kappa shape index (κ1) is 16.2. The molecule has 2 aromatic rings. The number of anilines is 1. The van der Waals surface area contributed by atoms with Crippen LogP contribution in [0.4, 0.5) is 5.69 Å². The molecule has 0 saturated heterocycles. The van der Waals surface area contributed by atoms with Gasteiger partial charge in [0.2, 0.25) is 0 Å². The molecule has 0 radical (unpaired) electrons. The van der Waals surface area contributed by atoms with Gasteiger partial charge < -0.3 is 10.5 Å². The summed E-state index contributed by atoms with van der Waals surface area (Å²) in [6.45, 7) is -0.0163. The maximum absolute atomic E-state index is 12.0. The van der Waals surface area contributed by atoms with Crippen molar-refractivity contribution in [3.05, 3.63) is 61.5 Å². The van der Waals surface area contributed by atoms with Crippen LogP contribution in [0.25, 0.3) is 0 Å². The van der Waals surface area contributed by atoms with Crippen LogP contribution in [0.2, 0.25) is 20.1 Å². The van der Waals surface area contributed by atoms with Gasteiger partial charge >= 0.3 is 5.97 Å². The van der Waals surface area contributed by atoms with Crippen LogP contribution in [0.3, 0.4) is 0 Å². The van der Waals surface area contributed by atoms with Gasteiger partial charge in [-0.05, 0) is 24.3 Å². The first-order valence-corrected chi connectivity index (χ1v) is 7.25. The van der Waals surface area contributed by atoms with E-state index in [9.17, 15) is 4.79 Å². The monoisotopic (exact) mass is 363 g/mol. The van der Waals surface area contributed by atoms with Crippen LogP contribution < -0.4 is 5.73 Å². The Labute approximate surface area is 141 Å². The summed E-state index contributed by atoms with van der Waals surface area (Å²) in [5.74, 6) is -0.639. The molecule has 0 spiro atoms. The van der Waals surface area contributed by atoms with Crippen molar-refractivity contribution in [3.63, 3.8) is 0 Å². The molecule has 0 amide bonds. The van der Waals surface area contributed by atoms with E-state index in [1.165, 1.54) is 12.1 Å². The van der Waals surface area contributed by atoms with Gasteiger partial charge in [0.25, 0.3) is 0 Å². The molecule has 2 aromatic carbocycles. The van der Waals surface area contributed by atoms with Crippen LogP contribution in [0.1, 0.15) is 15.9 Å². The van der Waals surface area contributed by atoms with E-state index in [2.05, 4.69) is 0 Å². The van der Waals surface area contributed by atoms with E-state index >= 15 is 0 Å². The molecule has 21 heavy (non-hydrogen) atoms. The van der Waals surface area contributed by atoms with Crippen molar-refractivity contribution in [1.29, 1.82) is 0 Å². The summed E-state index contributed by atoms with van der Waals surface area (Å²) in [5, 5.41) is 1.19. The van der Waals surface area contributed by atoms with Crippen LogP contribution >= 0.6 is 46.4 Å². The lowest BCUT2D eigenvalue weighted by Gasteiger charge is -2.09. The number of rotatable bonds is 3. The van der Waals surface area contributed by atoms with Crippen LogP contribution in [0, 0.1) is 0 Å². The standard InChI is InChI=1S/C14H9Cl4NO2/c15-8-2-1-7(11(16)3-8)6-21-14(20)10-4-9(19)5-12(17)13(10)18/h1-5H,6,19H2. The molecule has 7 heteroatoms. The van der Waals surface area contributed by atoms with Gasteiger partial charge in [0.15, 0.2) is 0 Å². The number of nitrogen functional groups attached to an aromatic ring is 1. The van der Waals surface area contributed by atoms with Crippen molar-refractivity contribution < 1.29 is 9.53 Å². The van der Waals surface area contributed by atoms with E-state index in [0.717, 1.165) is 0 Å². The minimum Gasteiger partial charge on any atom is -0.457 e. The predicted octanol–water partition coefficient (Wildman–Crippen LogP) is 5.24. The lowest BCUT2D eigenvalue weighted by molar-refractivity contribution is 0.0473. The third kappa shape index (κ3) is 3.95. The summed E-state index contributed by atoms with van der Waals surface area (Å²) in [4.78, 5) is 12.0. The summed E-state index contributed by atoms with van der Waals surface area (Å²) in [5.41, 5.74) is 6.68. The highest BCUT2D eigenvalue weighted by Gasteiger charge is 2.16.